The van der Waals surface area contributed by atoms with Crippen molar-refractivity contribution in [2.45, 2.75) is 6.42 Å². The van der Waals surface area contributed by atoms with Crippen LogP contribution in [0.15, 0.2) is 18.2 Å². The predicted octanol–water partition coefficient (Wildman–Crippen LogP) is 0.846. The van der Waals surface area contributed by atoms with Gasteiger partial charge in [-0.2, -0.15) is 4.39 Å². The lowest BCUT2D eigenvalue weighted by atomic mass is 10.3. The van der Waals surface area contributed by atoms with Crippen molar-refractivity contribution in [3.63, 3.8) is 0 Å². The maximum absolute atomic E-state index is 12.9. The SMILES string of the molecule is O=S1(=O)CCCN(c2cccc(F)n2)CC1. The van der Waals surface area contributed by atoms with E-state index in [0.717, 1.165) is 0 Å². The molecule has 4 nitrogen and oxygen atoms in total. The number of anilines is 1. The molecule has 1 aliphatic rings. The highest BCUT2D eigenvalue weighted by atomic mass is 32.2. The van der Waals surface area contributed by atoms with E-state index < -0.39 is 15.8 Å². The van der Waals surface area contributed by atoms with E-state index in [4.69, 9.17) is 0 Å². The van der Waals surface area contributed by atoms with Crippen LogP contribution >= 0.6 is 0 Å². The topological polar surface area (TPSA) is 50.3 Å². The van der Waals surface area contributed by atoms with Crippen LogP contribution < -0.4 is 4.90 Å². The highest BCUT2D eigenvalue weighted by molar-refractivity contribution is 7.91. The van der Waals surface area contributed by atoms with Gasteiger partial charge in [0, 0.05) is 13.1 Å². The van der Waals surface area contributed by atoms with Gasteiger partial charge in [-0.3, -0.25) is 0 Å². The summed E-state index contributed by atoms with van der Waals surface area (Å²) in [6, 6.07) is 4.55. The second-order valence-corrected chi connectivity index (χ2v) is 6.11. The van der Waals surface area contributed by atoms with Gasteiger partial charge in [0.2, 0.25) is 5.95 Å². The molecule has 1 saturated heterocycles. The summed E-state index contributed by atoms with van der Waals surface area (Å²) in [6.45, 7) is 0.995. The maximum atomic E-state index is 12.9. The van der Waals surface area contributed by atoms with E-state index in [2.05, 4.69) is 4.98 Å². The van der Waals surface area contributed by atoms with E-state index in [9.17, 15) is 12.8 Å². The van der Waals surface area contributed by atoms with Crippen LogP contribution in [0.2, 0.25) is 0 Å². The summed E-state index contributed by atoms with van der Waals surface area (Å²) in [4.78, 5) is 5.56. The Morgan fingerprint density at radius 2 is 2.06 bits per heavy atom. The quantitative estimate of drug-likeness (QED) is 0.687. The number of rotatable bonds is 1. The van der Waals surface area contributed by atoms with Gasteiger partial charge in [0.15, 0.2) is 9.84 Å². The summed E-state index contributed by atoms with van der Waals surface area (Å²) >= 11 is 0. The Morgan fingerprint density at radius 1 is 1.25 bits per heavy atom. The molecule has 1 aromatic heterocycles. The van der Waals surface area contributed by atoms with Crippen molar-refractivity contribution in [2.24, 2.45) is 0 Å². The minimum absolute atomic E-state index is 0.116. The zero-order valence-electron chi connectivity index (χ0n) is 8.76. The van der Waals surface area contributed by atoms with Gasteiger partial charge in [-0.05, 0) is 18.6 Å². The van der Waals surface area contributed by atoms with Crippen molar-refractivity contribution >= 4 is 15.7 Å². The van der Waals surface area contributed by atoms with Gasteiger partial charge in [0.25, 0.3) is 0 Å². The molecule has 1 fully saturated rings. The summed E-state index contributed by atoms with van der Waals surface area (Å²) in [5, 5.41) is 0. The lowest BCUT2D eigenvalue weighted by Gasteiger charge is -2.20. The lowest BCUT2D eigenvalue weighted by Crippen LogP contribution is -2.27. The van der Waals surface area contributed by atoms with Crippen molar-refractivity contribution in [3.05, 3.63) is 24.1 Å². The summed E-state index contributed by atoms with van der Waals surface area (Å²) in [7, 11) is -2.93. The van der Waals surface area contributed by atoms with Crippen LogP contribution in [0.25, 0.3) is 0 Å². The number of nitrogens with zero attached hydrogens (tertiary/aromatic N) is 2. The molecule has 0 N–H and O–H groups in total. The molecule has 0 aromatic carbocycles. The first-order chi connectivity index (χ1) is 7.57. The first kappa shape index (κ1) is 11.3. The predicted molar refractivity (Wildman–Crippen MR) is 59.7 cm³/mol. The molecule has 0 spiro atoms. The van der Waals surface area contributed by atoms with Gasteiger partial charge < -0.3 is 4.90 Å². The van der Waals surface area contributed by atoms with Crippen molar-refractivity contribution < 1.29 is 12.8 Å². The molecule has 0 saturated carbocycles. The first-order valence-electron chi connectivity index (χ1n) is 5.15. The number of sulfone groups is 1. The van der Waals surface area contributed by atoms with Crippen LogP contribution in [-0.2, 0) is 9.84 Å². The second kappa shape index (κ2) is 4.37. The Hall–Kier alpha value is -1.17. The molecule has 0 amide bonds. The zero-order chi connectivity index (χ0) is 11.6. The van der Waals surface area contributed by atoms with Gasteiger partial charge in [-0.25, -0.2) is 13.4 Å². The smallest absolute Gasteiger partial charge is 0.214 e. The minimum Gasteiger partial charge on any atom is -0.355 e. The molecule has 1 aliphatic heterocycles. The average Bonchev–Trinajstić information content (AvgIpc) is 2.39. The molecule has 88 valence electrons. The second-order valence-electron chi connectivity index (χ2n) is 3.81. The lowest BCUT2D eigenvalue weighted by molar-refractivity contribution is 0.581. The molecule has 6 heteroatoms. The summed E-state index contributed by atoms with van der Waals surface area (Å²) in [5.74, 6) is 0.297. The number of hydrogen-bond donors (Lipinski definition) is 0. The van der Waals surface area contributed by atoms with E-state index in [-0.39, 0.29) is 11.5 Å². The maximum Gasteiger partial charge on any atom is 0.214 e. The van der Waals surface area contributed by atoms with Gasteiger partial charge in [-0.1, -0.05) is 6.07 Å². The Bertz CT molecular complexity index is 475. The minimum atomic E-state index is -2.93. The molecule has 0 unspecified atom stereocenters. The fourth-order valence-electron chi connectivity index (χ4n) is 1.74. The van der Waals surface area contributed by atoms with E-state index >= 15 is 0 Å². The number of halogens is 1. The van der Waals surface area contributed by atoms with Crippen molar-refractivity contribution in [2.75, 3.05) is 29.5 Å². The molecule has 2 heterocycles. The molecular formula is C10H13FN2O2S. The normalized spacial score (nSPS) is 20.4. The van der Waals surface area contributed by atoms with Gasteiger partial charge >= 0.3 is 0 Å². The van der Waals surface area contributed by atoms with Crippen molar-refractivity contribution in [3.8, 4) is 0 Å². The van der Waals surface area contributed by atoms with Crippen LogP contribution in [0.4, 0.5) is 10.2 Å². The summed E-state index contributed by atoms with van der Waals surface area (Å²) in [6.07, 6.45) is 0.570. The third kappa shape index (κ3) is 2.69. The molecule has 16 heavy (non-hydrogen) atoms. The molecule has 0 aliphatic carbocycles. The molecule has 0 bridgehead atoms. The number of hydrogen-bond acceptors (Lipinski definition) is 4. The third-order valence-corrected chi connectivity index (χ3v) is 4.30. The van der Waals surface area contributed by atoms with Crippen LogP contribution in [0.1, 0.15) is 6.42 Å². The number of pyridine rings is 1. The third-order valence-electron chi connectivity index (χ3n) is 2.58. The average molecular weight is 244 g/mol. The fourth-order valence-corrected chi connectivity index (χ4v) is 3.01. The molecule has 2 rings (SSSR count). The van der Waals surface area contributed by atoms with E-state index in [0.29, 0.717) is 25.3 Å². The largest absolute Gasteiger partial charge is 0.355 e. The monoisotopic (exact) mass is 244 g/mol. The highest BCUT2D eigenvalue weighted by Crippen LogP contribution is 2.14. The van der Waals surface area contributed by atoms with E-state index in [1.165, 1.54) is 6.07 Å². The summed E-state index contributed by atoms with van der Waals surface area (Å²) in [5.41, 5.74) is 0. The molecular weight excluding hydrogens is 231 g/mol. The van der Waals surface area contributed by atoms with Crippen LogP contribution in [-0.4, -0.2) is 38.0 Å². The van der Waals surface area contributed by atoms with Crippen LogP contribution in [0.3, 0.4) is 0 Å². The standard InChI is InChI=1S/C10H13FN2O2S/c11-9-3-1-4-10(12-9)13-5-2-7-16(14,15)8-6-13/h1,3-4H,2,5-8H2. The van der Waals surface area contributed by atoms with E-state index in [1.807, 2.05) is 4.90 Å². The fraction of sp³-hybridized carbons (Fsp3) is 0.500. The van der Waals surface area contributed by atoms with Crippen LogP contribution in [0.5, 0.6) is 0 Å². The van der Waals surface area contributed by atoms with E-state index in [1.54, 1.807) is 12.1 Å². The molecule has 1 aromatic rings. The Labute approximate surface area is 94.0 Å². The number of aromatic nitrogens is 1. The van der Waals surface area contributed by atoms with Gasteiger partial charge in [-0.15, -0.1) is 0 Å². The Kier molecular flexibility index (Phi) is 3.09. The molecule has 0 radical (unpaired) electrons. The Morgan fingerprint density at radius 3 is 2.81 bits per heavy atom. The summed E-state index contributed by atoms with van der Waals surface area (Å²) < 4.78 is 35.7. The first-order valence-corrected chi connectivity index (χ1v) is 6.97. The molecule has 0 atom stereocenters. The highest BCUT2D eigenvalue weighted by Gasteiger charge is 2.19. The van der Waals surface area contributed by atoms with Crippen LogP contribution in [0, 0.1) is 5.95 Å². The van der Waals surface area contributed by atoms with Gasteiger partial charge in [0.1, 0.15) is 5.82 Å². The zero-order valence-corrected chi connectivity index (χ0v) is 9.58. The van der Waals surface area contributed by atoms with Crippen molar-refractivity contribution in [1.82, 2.24) is 4.98 Å². The van der Waals surface area contributed by atoms with Crippen molar-refractivity contribution in [1.29, 1.82) is 0 Å². The Balaban J connectivity index is 2.17. The van der Waals surface area contributed by atoms with Gasteiger partial charge in [0.05, 0.1) is 11.5 Å².